The van der Waals surface area contributed by atoms with E-state index in [1.54, 1.807) is 0 Å². The highest BCUT2D eigenvalue weighted by atomic mass is 16.1. The average molecular weight is 269 g/mol. The molecule has 3 N–H and O–H groups in total. The number of rotatable bonds is 6. The molecule has 0 radical (unpaired) electrons. The fraction of sp³-hybridized carbons (Fsp3) is 0.933. The van der Waals surface area contributed by atoms with Crippen LogP contribution in [0.15, 0.2) is 0 Å². The molecule has 0 aromatic heterocycles. The monoisotopic (exact) mass is 269 g/mol. The minimum atomic E-state index is 0.102. The number of amides is 1. The van der Waals surface area contributed by atoms with E-state index in [1.165, 1.54) is 6.42 Å². The Labute approximate surface area is 118 Å². The van der Waals surface area contributed by atoms with Gasteiger partial charge >= 0.3 is 0 Å². The number of piperidine rings is 1. The van der Waals surface area contributed by atoms with Crippen molar-refractivity contribution < 1.29 is 4.79 Å². The second kappa shape index (κ2) is 7.85. The summed E-state index contributed by atoms with van der Waals surface area (Å²) < 4.78 is 0. The Bertz CT molecular complexity index is 271. The molecule has 4 heteroatoms. The Hall–Kier alpha value is -0.610. The molecular weight excluding hydrogens is 238 g/mol. The minimum Gasteiger partial charge on any atom is -0.352 e. The summed E-state index contributed by atoms with van der Waals surface area (Å²) in [6.07, 6.45) is 2.62. The van der Waals surface area contributed by atoms with Crippen LogP contribution in [0.3, 0.4) is 0 Å². The SMILES string of the molecule is CC(N)CCC(=O)NC(C)CN1CC(C)CC(C)C1. The smallest absolute Gasteiger partial charge is 0.220 e. The van der Waals surface area contributed by atoms with Gasteiger partial charge in [-0.15, -0.1) is 0 Å². The zero-order valence-electron chi connectivity index (χ0n) is 13.0. The van der Waals surface area contributed by atoms with Gasteiger partial charge in [0.1, 0.15) is 0 Å². The van der Waals surface area contributed by atoms with Gasteiger partial charge in [-0.25, -0.2) is 0 Å². The van der Waals surface area contributed by atoms with Crippen LogP contribution in [0.2, 0.25) is 0 Å². The summed E-state index contributed by atoms with van der Waals surface area (Å²) in [5, 5.41) is 3.08. The first-order chi connectivity index (χ1) is 8.86. The Morgan fingerprint density at radius 2 is 1.89 bits per heavy atom. The first kappa shape index (κ1) is 16.4. The van der Waals surface area contributed by atoms with Crippen LogP contribution in [0.1, 0.15) is 47.0 Å². The highest BCUT2D eigenvalue weighted by Crippen LogP contribution is 2.20. The predicted molar refractivity (Wildman–Crippen MR) is 79.9 cm³/mol. The van der Waals surface area contributed by atoms with Gasteiger partial charge in [0.05, 0.1) is 0 Å². The maximum Gasteiger partial charge on any atom is 0.220 e. The second-order valence-electron chi connectivity index (χ2n) is 6.65. The standard InChI is InChI=1S/C15H31N3O/c1-11-7-12(2)9-18(8-11)10-14(4)17-15(19)6-5-13(3)16/h11-14H,5-10,16H2,1-4H3,(H,17,19). The number of likely N-dealkylation sites (tertiary alicyclic amines) is 1. The van der Waals surface area contributed by atoms with Crippen molar-refractivity contribution in [2.45, 2.75) is 59.0 Å². The molecule has 1 aliphatic rings. The first-order valence-electron chi connectivity index (χ1n) is 7.64. The summed E-state index contributed by atoms with van der Waals surface area (Å²) in [7, 11) is 0. The molecule has 4 atom stereocenters. The third-order valence-electron chi connectivity index (χ3n) is 3.71. The average Bonchev–Trinajstić information content (AvgIpc) is 2.24. The fourth-order valence-corrected chi connectivity index (χ4v) is 3.08. The Morgan fingerprint density at radius 3 is 2.42 bits per heavy atom. The van der Waals surface area contributed by atoms with Gasteiger partial charge in [-0.1, -0.05) is 13.8 Å². The van der Waals surface area contributed by atoms with Crippen molar-refractivity contribution in [3.05, 3.63) is 0 Å². The summed E-state index contributed by atoms with van der Waals surface area (Å²) >= 11 is 0. The Balaban J connectivity index is 2.26. The van der Waals surface area contributed by atoms with Crippen molar-refractivity contribution in [3.63, 3.8) is 0 Å². The highest BCUT2D eigenvalue weighted by Gasteiger charge is 2.23. The lowest BCUT2D eigenvalue weighted by molar-refractivity contribution is -0.122. The van der Waals surface area contributed by atoms with Crippen molar-refractivity contribution in [2.24, 2.45) is 17.6 Å². The van der Waals surface area contributed by atoms with Gasteiger partial charge in [-0.2, -0.15) is 0 Å². The largest absolute Gasteiger partial charge is 0.352 e. The van der Waals surface area contributed by atoms with Crippen molar-refractivity contribution in [1.29, 1.82) is 0 Å². The number of hydrogen-bond acceptors (Lipinski definition) is 3. The molecular formula is C15H31N3O. The molecule has 1 rings (SSSR count). The van der Waals surface area contributed by atoms with E-state index in [2.05, 4.69) is 31.0 Å². The van der Waals surface area contributed by atoms with Gasteiger partial charge in [-0.3, -0.25) is 4.79 Å². The Kier molecular flexibility index (Phi) is 6.80. The molecule has 0 spiro atoms. The number of nitrogens with one attached hydrogen (secondary N) is 1. The summed E-state index contributed by atoms with van der Waals surface area (Å²) in [6, 6.07) is 0.322. The van der Waals surface area contributed by atoms with Crippen LogP contribution < -0.4 is 11.1 Å². The molecule has 1 heterocycles. The maximum absolute atomic E-state index is 11.7. The molecule has 1 fully saturated rings. The van der Waals surface area contributed by atoms with Crippen molar-refractivity contribution in [3.8, 4) is 0 Å². The molecule has 4 nitrogen and oxygen atoms in total. The molecule has 1 saturated heterocycles. The summed E-state index contributed by atoms with van der Waals surface area (Å²) in [5.41, 5.74) is 5.66. The number of nitrogens with two attached hydrogens (primary N) is 1. The molecule has 0 saturated carbocycles. The minimum absolute atomic E-state index is 0.102. The molecule has 19 heavy (non-hydrogen) atoms. The van der Waals surface area contributed by atoms with Gasteiger partial charge in [0.25, 0.3) is 0 Å². The molecule has 1 amide bonds. The predicted octanol–water partition coefficient (Wildman–Crippen LogP) is 1.60. The third-order valence-corrected chi connectivity index (χ3v) is 3.71. The van der Waals surface area contributed by atoms with Crippen molar-refractivity contribution in [2.75, 3.05) is 19.6 Å². The summed E-state index contributed by atoms with van der Waals surface area (Å²) in [4.78, 5) is 14.2. The molecule has 0 aromatic rings. The molecule has 112 valence electrons. The molecule has 0 aliphatic carbocycles. The van der Waals surface area contributed by atoms with Crippen LogP contribution in [0.5, 0.6) is 0 Å². The lowest BCUT2D eigenvalue weighted by atomic mass is 9.92. The maximum atomic E-state index is 11.7. The van der Waals surface area contributed by atoms with Crippen LogP contribution in [0, 0.1) is 11.8 Å². The molecule has 4 unspecified atom stereocenters. The summed E-state index contributed by atoms with van der Waals surface area (Å²) in [5.74, 6) is 1.66. The van der Waals surface area contributed by atoms with E-state index in [-0.39, 0.29) is 18.0 Å². The van der Waals surface area contributed by atoms with Crippen LogP contribution in [0.25, 0.3) is 0 Å². The van der Waals surface area contributed by atoms with Crippen LogP contribution >= 0.6 is 0 Å². The van der Waals surface area contributed by atoms with Gasteiger partial charge in [-0.05, 0) is 38.5 Å². The van der Waals surface area contributed by atoms with Crippen molar-refractivity contribution >= 4 is 5.91 Å². The van der Waals surface area contributed by atoms with E-state index in [0.717, 1.165) is 37.9 Å². The molecule has 1 aliphatic heterocycles. The van der Waals surface area contributed by atoms with Crippen LogP contribution in [-0.4, -0.2) is 42.5 Å². The van der Waals surface area contributed by atoms with Crippen LogP contribution in [-0.2, 0) is 4.79 Å². The quantitative estimate of drug-likeness (QED) is 0.770. The molecule has 0 aromatic carbocycles. The van der Waals surface area contributed by atoms with E-state index in [0.29, 0.717) is 6.42 Å². The number of carbonyl (C=O) groups is 1. The third kappa shape index (κ3) is 6.92. The second-order valence-corrected chi connectivity index (χ2v) is 6.65. The van der Waals surface area contributed by atoms with Crippen molar-refractivity contribution in [1.82, 2.24) is 10.2 Å². The zero-order valence-corrected chi connectivity index (χ0v) is 13.0. The first-order valence-corrected chi connectivity index (χ1v) is 7.64. The van der Waals surface area contributed by atoms with Gasteiger partial charge in [0.2, 0.25) is 5.91 Å². The number of carbonyl (C=O) groups excluding carboxylic acids is 1. The van der Waals surface area contributed by atoms with Gasteiger partial charge in [0.15, 0.2) is 0 Å². The van der Waals surface area contributed by atoms with Crippen LogP contribution in [0.4, 0.5) is 0 Å². The van der Waals surface area contributed by atoms with E-state index in [4.69, 9.17) is 5.73 Å². The van der Waals surface area contributed by atoms with Gasteiger partial charge < -0.3 is 16.0 Å². The normalized spacial score (nSPS) is 27.8. The topological polar surface area (TPSA) is 58.4 Å². The number of nitrogens with zero attached hydrogens (tertiary/aromatic N) is 1. The van der Waals surface area contributed by atoms with E-state index < -0.39 is 0 Å². The van der Waals surface area contributed by atoms with E-state index in [1.807, 2.05) is 6.92 Å². The molecule has 0 bridgehead atoms. The van der Waals surface area contributed by atoms with Gasteiger partial charge in [0, 0.05) is 38.1 Å². The lowest BCUT2D eigenvalue weighted by Gasteiger charge is -2.36. The lowest BCUT2D eigenvalue weighted by Crippen LogP contribution is -2.47. The fourth-order valence-electron chi connectivity index (χ4n) is 3.08. The Morgan fingerprint density at radius 1 is 1.32 bits per heavy atom. The van der Waals surface area contributed by atoms with E-state index in [9.17, 15) is 4.79 Å². The summed E-state index contributed by atoms with van der Waals surface area (Å²) in [6.45, 7) is 11.9. The zero-order chi connectivity index (χ0) is 14.4. The van der Waals surface area contributed by atoms with E-state index >= 15 is 0 Å². The highest BCUT2D eigenvalue weighted by molar-refractivity contribution is 5.76. The number of hydrogen-bond donors (Lipinski definition) is 2.